The molecule has 0 aliphatic heterocycles. The van der Waals surface area contributed by atoms with Crippen LogP contribution in [0.1, 0.15) is 0 Å². The lowest BCUT2D eigenvalue weighted by Crippen LogP contribution is -1.91. The maximum Gasteiger partial charge on any atom is 0.189 e. The summed E-state index contributed by atoms with van der Waals surface area (Å²) in [5, 5.41) is 10.5. The second-order valence-electron chi connectivity index (χ2n) is 2.09. The van der Waals surface area contributed by atoms with Crippen LogP contribution < -0.4 is 0 Å². The van der Waals surface area contributed by atoms with E-state index in [-0.39, 0.29) is 6.61 Å². The van der Waals surface area contributed by atoms with Gasteiger partial charge in [0.1, 0.15) is 10.2 Å². The molecule has 6 heteroatoms. The number of nitrogens with zero attached hydrogens (tertiary/aromatic N) is 2. The van der Waals surface area contributed by atoms with Crippen LogP contribution in [0.4, 0.5) is 0 Å². The van der Waals surface area contributed by atoms with Gasteiger partial charge in [-0.15, -0.1) is 11.8 Å². The average Bonchev–Trinajstić information content (AvgIpc) is 2.14. The third-order valence-electron chi connectivity index (χ3n) is 1.17. The van der Waals surface area contributed by atoms with Crippen LogP contribution in [0.15, 0.2) is 16.2 Å². The third-order valence-corrected chi connectivity index (χ3v) is 2.81. The first-order valence-electron chi connectivity index (χ1n) is 3.58. The number of hydrogen-bond donors (Lipinski definition) is 1. The van der Waals surface area contributed by atoms with Gasteiger partial charge in [-0.1, -0.05) is 23.4 Å². The Hall–Kier alpha value is 0.0300. The molecule has 0 unspecified atom stereocenters. The number of rotatable bonds is 4. The van der Waals surface area contributed by atoms with Crippen LogP contribution in [-0.4, -0.2) is 33.7 Å². The van der Waals surface area contributed by atoms with E-state index in [1.165, 1.54) is 23.5 Å². The molecule has 72 valence electrons. The maximum atomic E-state index is 8.62. The molecule has 0 aromatic carbocycles. The van der Waals surface area contributed by atoms with E-state index in [0.717, 1.165) is 5.03 Å². The summed E-state index contributed by atoms with van der Waals surface area (Å²) in [5.74, 6) is 0.626. The van der Waals surface area contributed by atoms with E-state index in [0.29, 0.717) is 16.1 Å². The number of hydrogen-bond acceptors (Lipinski definition) is 5. The Morgan fingerprint density at radius 3 is 2.92 bits per heavy atom. The van der Waals surface area contributed by atoms with E-state index < -0.39 is 0 Å². The van der Waals surface area contributed by atoms with Gasteiger partial charge in [-0.25, -0.2) is 9.97 Å². The number of aromatic nitrogens is 2. The van der Waals surface area contributed by atoms with Crippen LogP contribution in [0.5, 0.6) is 0 Å². The largest absolute Gasteiger partial charge is 0.396 e. The first kappa shape index (κ1) is 11.1. The molecule has 13 heavy (non-hydrogen) atoms. The van der Waals surface area contributed by atoms with Gasteiger partial charge in [0, 0.05) is 11.8 Å². The Balaban J connectivity index is 2.76. The minimum atomic E-state index is 0.140. The molecule has 1 rings (SSSR count). The molecule has 0 fully saturated rings. The second-order valence-corrected chi connectivity index (χ2v) is 4.36. The first-order valence-corrected chi connectivity index (χ1v) is 6.17. The minimum absolute atomic E-state index is 0.140. The zero-order valence-corrected chi connectivity index (χ0v) is 9.42. The fraction of sp³-hybridized carbons (Fsp3) is 0.429. The summed E-state index contributed by atoms with van der Waals surface area (Å²) in [4.78, 5) is 8.21. The van der Waals surface area contributed by atoms with E-state index >= 15 is 0 Å². The fourth-order valence-electron chi connectivity index (χ4n) is 0.693. The van der Waals surface area contributed by atoms with Crippen molar-refractivity contribution in [2.45, 2.75) is 10.2 Å². The second kappa shape index (κ2) is 5.70. The van der Waals surface area contributed by atoms with E-state index in [2.05, 4.69) is 9.97 Å². The van der Waals surface area contributed by atoms with Gasteiger partial charge in [0.15, 0.2) is 5.16 Å². The third kappa shape index (κ3) is 3.72. The van der Waals surface area contributed by atoms with Gasteiger partial charge in [0.05, 0.1) is 6.61 Å². The highest BCUT2D eigenvalue weighted by Crippen LogP contribution is 2.21. The predicted octanol–water partition coefficient (Wildman–Crippen LogP) is 1.94. The lowest BCUT2D eigenvalue weighted by Gasteiger charge is -2.01. The smallest absolute Gasteiger partial charge is 0.189 e. The topological polar surface area (TPSA) is 46.0 Å². The highest BCUT2D eigenvalue weighted by molar-refractivity contribution is 7.99. The van der Waals surface area contributed by atoms with Crippen LogP contribution in [0, 0.1) is 0 Å². The molecule has 1 heterocycles. The highest BCUT2D eigenvalue weighted by atomic mass is 35.5. The normalized spacial score (nSPS) is 10.4. The summed E-state index contributed by atoms with van der Waals surface area (Å²) in [6, 6.07) is 1.70. The lowest BCUT2D eigenvalue weighted by atomic mass is 10.7. The summed E-state index contributed by atoms with van der Waals surface area (Å²) in [6.07, 6.45) is 1.89. The monoisotopic (exact) mass is 236 g/mol. The summed E-state index contributed by atoms with van der Waals surface area (Å²) in [5.41, 5.74) is 0. The molecule has 0 aliphatic carbocycles. The Labute approximate surface area is 90.3 Å². The highest BCUT2D eigenvalue weighted by Gasteiger charge is 2.02. The molecule has 0 radical (unpaired) electrons. The minimum Gasteiger partial charge on any atom is -0.396 e. The number of halogens is 1. The Bertz CT molecular complexity index is 285. The number of aliphatic hydroxyl groups excluding tert-OH is 1. The van der Waals surface area contributed by atoms with Crippen LogP contribution in [0.25, 0.3) is 0 Å². The molecule has 1 aromatic rings. The van der Waals surface area contributed by atoms with Crippen molar-refractivity contribution >= 4 is 35.1 Å². The molecule has 1 aromatic heterocycles. The van der Waals surface area contributed by atoms with Crippen molar-refractivity contribution in [3.05, 3.63) is 11.2 Å². The van der Waals surface area contributed by atoms with Crippen LogP contribution in [0.3, 0.4) is 0 Å². The zero-order valence-electron chi connectivity index (χ0n) is 7.03. The van der Waals surface area contributed by atoms with E-state index in [1.54, 1.807) is 6.07 Å². The Morgan fingerprint density at radius 1 is 1.54 bits per heavy atom. The van der Waals surface area contributed by atoms with Crippen molar-refractivity contribution in [3.63, 3.8) is 0 Å². The maximum absolute atomic E-state index is 8.62. The van der Waals surface area contributed by atoms with Crippen molar-refractivity contribution in [2.24, 2.45) is 0 Å². The van der Waals surface area contributed by atoms with Crippen molar-refractivity contribution in [1.29, 1.82) is 0 Å². The molecule has 0 saturated carbocycles. The van der Waals surface area contributed by atoms with Crippen molar-refractivity contribution in [3.8, 4) is 0 Å². The summed E-state index contributed by atoms with van der Waals surface area (Å²) < 4.78 is 0. The zero-order chi connectivity index (χ0) is 9.68. The van der Waals surface area contributed by atoms with Crippen molar-refractivity contribution < 1.29 is 5.11 Å². The molecule has 0 atom stereocenters. The van der Waals surface area contributed by atoms with Crippen LogP contribution >= 0.6 is 35.1 Å². The lowest BCUT2D eigenvalue weighted by molar-refractivity contribution is 0.322. The molecule has 3 nitrogen and oxygen atoms in total. The average molecular weight is 237 g/mol. The molecule has 1 N–H and O–H groups in total. The first-order chi connectivity index (χ1) is 6.26. The molecule has 0 amide bonds. The molecule has 0 aliphatic rings. The van der Waals surface area contributed by atoms with Gasteiger partial charge in [-0.3, -0.25) is 0 Å². The van der Waals surface area contributed by atoms with E-state index in [4.69, 9.17) is 16.7 Å². The molecule has 0 saturated heterocycles. The van der Waals surface area contributed by atoms with Gasteiger partial charge in [0.25, 0.3) is 0 Å². The molecular formula is C7H9ClN2OS2. The van der Waals surface area contributed by atoms with Crippen molar-refractivity contribution in [1.82, 2.24) is 9.97 Å². The standard InChI is InChI=1S/C7H9ClN2OS2/c1-12-7-9-5(8)4-6(10-7)13-3-2-11/h4,11H,2-3H2,1H3. The van der Waals surface area contributed by atoms with Gasteiger partial charge >= 0.3 is 0 Å². The molecule has 0 spiro atoms. The van der Waals surface area contributed by atoms with Gasteiger partial charge in [0.2, 0.25) is 0 Å². The van der Waals surface area contributed by atoms with Gasteiger partial charge in [-0.05, 0) is 6.26 Å². The SMILES string of the molecule is CSc1nc(Cl)cc(SCCO)n1. The van der Waals surface area contributed by atoms with E-state index in [1.807, 2.05) is 6.26 Å². The Morgan fingerprint density at radius 2 is 2.31 bits per heavy atom. The summed E-state index contributed by atoms with van der Waals surface area (Å²) in [6.45, 7) is 0.140. The van der Waals surface area contributed by atoms with Gasteiger partial charge in [-0.2, -0.15) is 0 Å². The van der Waals surface area contributed by atoms with Crippen molar-refractivity contribution in [2.75, 3.05) is 18.6 Å². The fourth-order valence-corrected chi connectivity index (χ4v) is 2.07. The molecule has 0 bridgehead atoms. The quantitative estimate of drug-likeness (QED) is 0.492. The van der Waals surface area contributed by atoms with Crippen LogP contribution in [-0.2, 0) is 0 Å². The number of aliphatic hydroxyl groups is 1. The van der Waals surface area contributed by atoms with E-state index in [9.17, 15) is 0 Å². The predicted molar refractivity (Wildman–Crippen MR) is 56.6 cm³/mol. The summed E-state index contributed by atoms with van der Waals surface area (Å²) >= 11 is 8.68. The van der Waals surface area contributed by atoms with Gasteiger partial charge < -0.3 is 5.11 Å². The summed E-state index contributed by atoms with van der Waals surface area (Å²) in [7, 11) is 0. The van der Waals surface area contributed by atoms with Crippen LogP contribution in [0.2, 0.25) is 5.15 Å². The number of thioether (sulfide) groups is 2. The Kier molecular flexibility index (Phi) is 4.87. The molecular weight excluding hydrogens is 228 g/mol.